The van der Waals surface area contributed by atoms with Crippen LogP contribution < -0.4 is 4.89 Å². The maximum Gasteiger partial charge on any atom is 0.459 e. The van der Waals surface area contributed by atoms with Crippen molar-refractivity contribution in [3.63, 3.8) is 0 Å². The molecule has 0 fully saturated rings. The molecule has 14 heteroatoms. The molecule has 0 N–H and O–H groups in total. The minimum Gasteiger partial charge on any atom is -0.790 e. The van der Waals surface area contributed by atoms with Crippen molar-refractivity contribution >= 4 is 7.37 Å². The van der Waals surface area contributed by atoms with Crippen molar-refractivity contribution in [1.82, 2.24) is 0 Å². The molecule has 0 radical (unpaired) electrons. The SMILES string of the molecule is CCC[N+](CC)(CC)CC.O=P([O-])(C(F)(F)C(F)(F)F)C(F)(F)C(F)(F)F. The molecule has 0 aromatic heterocycles. The zero-order chi connectivity index (χ0) is 22.5. The average molecular weight is 445 g/mol. The van der Waals surface area contributed by atoms with E-state index in [0.29, 0.717) is 0 Å². The van der Waals surface area contributed by atoms with Crippen molar-refractivity contribution < 1.29 is 57.8 Å². The van der Waals surface area contributed by atoms with Crippen LogP contribution >= 0.6 is 7.37 Å². The molecule has 0 aromatic rings. The number of hydrogen-bond acceptors (Lipinski definition) is 2. The number of halogens is 10. The third kappa shape index (κ3) is 5.96. The molecule has 0 aliphatic carbocycles. The van der Waals surface area contributed by atoms with Crippen LogP contribution in [0.25, 0.3) is 0 Å². The van der Waals surface area contributed by atoms with E-state index < -0.39 is 31.0 Å². The molecular formula is C13H22F10NO2P. The second kappa shape index (κ2) is 9.30. The first kappa shape index (κ1) is 28.7. The van der Waals surface area contributed by atoms with Gasteiger partial charge in [0.2, 0.25) is 0 Å². The molecule has 0 aromatic carbocycles. The lowest BCUT2D eigenvalue weighted by Gasteiger charge is -2.38. The smallest absolute Gasteiger partial charge is 0.459 e. The summed E-state index contributed by atoms with van der Waals surface area (Å²) in [5.74, 6) is 0. The lowest BCUT2D eigenvalue weighted by molar-refractivity contribution is -0.923. The molecule has 0 spiro atoms. The summed E-state index contributed by atoms with van der Waals surface area (Å²) >= 11 is 0. The van der Waals surface area contributed by atoms with Gasteiger partial charge in [-0.15, -0.1) is 0 Å². The van der Waals surface area contributed by atoms with E-state index >= 15 is 0 Å². The third-order valence-electron chi connectivity index (χ3n) is 4.13. The van der Waals surface area contributed by atoms with Crippen LogP contribution in [-0.4, -0.2) is 54.3 Å². The molecule has 0 saturated carbocycles. The van der Waals surface area contributed by atoms with Gasteiger partial charge >= 0.3 is 23.7 Å². The van der Waals surface area contributed by atoms with E-state index in [9.17, 15) is 53.4 Å². The Morgan fingerprint density at radius 2 is 0.963 bits per heavy atom. The van der Waals surface area contributed by atoms with Gasteiger partial charge < -0.3 is 13.9 Å². The van der Waals surface area contributed by atoms with Crippen molar-refractivity contribution in [3.05, 3.63) is 0 Å². The minimum absolute atomic E-state index is 1.29. The van der Waals surface area contributed by atoms with Crippen LogP contribution in [0.1, 0.15) is 34.1 Å². The maximum absolute atomic E-state index is 12.1. The Balaban J connectivity index is 0. The molecule has 166 valence electrons. The standard InChI is InChI=1S/C9H22N.C4HF10O2P/c1-5-9-10(6-2,7-3)8-4;5-1(6,7)3(11,12)17(15,16)4(13,14)2(8,9)10/h5-9H2,1-4H3;(H,15,16)/q+1;/p-1. The summed E-state index contributed by atoms with van der Waals surface area (Å²) < 4.78 is 128. The van der Waals surface area contributed by atoms with Crippen LogP contribution in [0, 0.1) is 0 Å². The van der Waals surface area contributed by atoms with Crippen LogP contribution in [0.3, 0.4) is 0 Å². The normalized spacial score (nSPS) is 14.6. The molecule has 0 aliphatic heterocycles. The Kier molecular flexibility index (Phi) is 9.87. The summed E-state index contributed by atoms with van der Waals surface area (Å²) in [7, 11) is -8.51. The molecule has 0 unspecified atom stereocenters. The highest BCUT2D eigenvalue weighted by Gasteiger charge is 2.78. The van der Waals surface area contributed by atoms with E-state index in [4.69, 9.17) is 0 Å². The van der Waals surface area contributed by atoms with Crippen molar-refractivity contribution in [3.8, 4) is 0 Å². The molecule has 0 amide bonds. The summed E-state index contributed by atoms with van der Waals surface area (Å²) in [4.78, 5) is 10.1. The fourth-order valence-electron chi connectivity index (χ4n) is 2.13. The van der Waals surface area contributed by atoms with E-state index in [-0.39, 0.29) is 0 Å². The Labute approximate surface area is 150 Å². The lowest BCUT2D eigenvalue weighted by atomic mass is 10.3. The van der Waals surface area contributed by atoms with Crippen molar-refractivity contribution in [2.45, 2.75) is 57.8 Å². The highest BCUT2D eigenvalue weighted by Crippen LogP contribution is 2.72. The van der Waals surface area contributed by atoms with Crippen LogP contribution in [0.15, 0.2) is 0 Å². The van der Waals surface area contributed by atoms with E-state index in [2.05, 4.69) is 27.7 Å². The van der Waals surface area contributed by atoms with Crippen molar-refractivity contribution in [1.29, 1.82) is 0 Å². The number of rotatable bonds is 7. The quantitative estimate of drug-likeness (QED) is 0.307. The van der Waals surface area contributed by atoms with Gasteiger partial charge in [0.1, 0.15) is 0 Å². The van der Waals surface area contributed by atoms with Gasteiger partial charge in [-0.05, 0) is 27.2 Å². The molecule has 3 nitrogen and oxygen atoms in total. The van der Waals surface area contributed by atoms with Crippen molar-refractivity contribution in [2.75, 3.05) is 26.2 Å². The lowest BCUT2D eigenvalue weighted by Crippen LogP contribution is -2.50. The van der Waals surface area contributed by atoms with Crippen LogP contribution in [0.2, 0.25) is 0 Å². The van der Waals surface area contributed by atoms with Gasteiger partial charge in [0.15, 0.2) is 7.37 Å². The number of quaternary nitrogens is 1. The van der Waals surface area contributed by atoms with Gasteiger partial charge in [-0.3, -0.25) is 0 Å². The Morgan fingerprint density at radius 3 is 1.07 bits per heavy atom. The van der Waals surface area contributed by atoms with Gasteiger partial charge in [0.25, 0.3) is 0 Å². The molecular weight excluding hydrogens is 423 g/mol. The zero-order valence-electron chi connectivity index (χ0n) is 15.0. The fourth-order valence-corrected chi connectivity index (χ4v) is 3.15. The summed E-state index contributed by atoms with van der Waals surface area (Å²) in [5, 5.41) is 0. The molecule has 27 heavy (non-hydrogen) atoms. The van der Waals surface area contributed by atoms with E-state index in [1.807, 2.05) is 0 Å². The van der Waals surface area contributed by atoms with Gasteiger partial charge in [-0.2, -0.15) is 43.9 Å². The summed E-state index contributed by atoms with van der Waals surface area (Å²) in [6, 6.07) is 0. The van der Waals surface area contributed by atoms with Gasteiger partial charge in [-0.1, -0.05) is 6.92 Å². The second-order valence-corrected chi connectivity index (χ2v) is 7.87. The zero-order valence-corrected chi connectivity index (χ0v) is 15.9. The average Bonchev–Trinajstić information content (AvgIpc) is 2.51. The number of alkyl halides is 10. The summed E-state index contributed by atoms with van der Waals surface area (Å²) in [6.45, 7) is 14.4. The molecule has 0 heterocycles. The van der Waals surface area contributed by atoms with Crippen LogP contribution in [0.5, 0.6) is 0 Å². The Bertz CT molecular complexity index is 462. The highest BCUT2D eigenvalue weighted by atomic mass is 31.2. The fraction of sp³-hybridized carbons (Fsp3) is 1.00. The van der Waals surface area contributed by atoms with Crippen LogP contribution in [0.4, 0.5) is 43.9 Å². The van der Waals surface area contributed by atoms with E-state index in [1.165, 1.54) is 37.1 Å². The number of hydrogen-bond donors (Lipinski definition) is 0. The molecule has 0 atom stereocenters. The van der Waals surface area contributed by atoms with Gasteiger partial charge in [-0.25, -0.2) is 0 Å². The van der Waals surface area contributed by atoms with Crippen LogP contribution in [-0.2, 0) is 4.57 Å². The Morgan fingerprint density at radius 1 is 0.704 bits per heavy atom. The van der Waals surface area contributed by atoms with E-state index in [0.717, 1.165) is 0 Å². The topological polar surface area (TPSA) is 40.1 Å². The summed E-state index contributed by atoms with van der Waals surface area (Å²) in [5.41, 5.74) is -14.4. The summed E-state index contributed by atoms with van der Waals surface area (Å²) in [6.07, 6.45) is -12.9. The van der Waals surface area contributed by atoms with E-state index in [1.54, 1.807) is 0 Å². The Hall–Kier alpha value is -0.550. The largest absolute Gasteiger partial charge is 0.790 e. The van der Waals surface area contributed by atoms with Gasteiger partial charge in [0, 0.05) is 0 Å². The molecule has 0 bridgehead atoms. The minimum atomic E-state index is -8.51. The maximum atomic E-state index is 12.1. The highest BCUT2D eigenvalue weighted by molar-refractivity contribution is 7.59. The monoisotopic (exact) mass is 445 g/mol. The first-order chi connectivity index (χ1) is 11.7. The predicted molar refractivity (Wildman–Crippen MR) is 76.7 cm³/mol. The first-order valence-electron chi connectivity index (χ1n) is 7.80. The van der Waals surface area contributed by atoms with Crippen molar-refractivity contribution in [2.24, 2.45) is 0 Å². The van der Waals surface area contributed by atoms with Gasteiger partial charge in [0.05, 0.1) is 26.2 Å². The molecule has 0 rings (SSSR count). The molecule has 0 saturated heterocycles. The third-order valence-corrected chi connectivity index (χ3v) is 6.12. The predicted octanol–water partition coefficient (Wildman–Crippen LogP) is 5.21. The molecule has 0 aliphatic rings. The number of nitrogens with zero attached hydrogens (tertiary/aromatic N) is 1. The first-order valence-corrected chi connectivity index (χ1v) is 9.42. The second-order valence-electron chi connectivity index (χ2n) is 5.64.